The van der Waals surface area contributed by atoms with Crippen molar-refractivity contribution < 1.29 is 8.42 Å². The third-order valence-corrected chi connectivity index (χ3v) is 6.71. The van der Waals surface area contributed by atoms with Gasteiger partial charge in [0.05, 0.1) is 12.3 Å². The molecule has 1 aromatic rings. The molecule has 0 saturated carbocycles. The number of sulfonamides is 1. The van der Waals surface area contributed by atoms with Crippen LogP contribution in [0.2, 0.25) is 0 Å². The zero-order valence-electron chi connectivity index (χ0n) is 15.4. The Morgan fingerprint density at radius 3 is 2.46 bits per heavy atom. The van der Waals surface area contributed by atoms with Gasteiger partial charge in [0, 0.05) is 37.7 Å². The van der Waals surface area contributed by atoms with E-state index in [0.29, 0.717) is 32.1 Å². The topological polar surface area (TPSA) is 73.8 Å². The summed E-state index contributed by atoms with van der Waals surface area (Å²) in [7, 11) is -3.19. The first-order chi connectivity index (χ1) is 12.0. The molecule has 26 heavy (non-hydrogen) atoms. The molecular formula is C17H29IN4O2S2. The summed E-state index contributed by atoms with van der Waals surface area (Å²) in [5.74, 6) is 2.50. The van der Waals surface area contributed by atoms with Crippen molar-refractivity contribution in [2.75, 3.05) is 43.4 Å². The molecule has 1 fully saturated rings. The second-order valence-electron chi connectivity index (χ2n) is 5.93. The molecule has 1 aliphatic rings. The van der Waals surface area contributed by atoms with Crippen LogP contribution in [0.25, 0.3) is 0 Å². The van der Waals surface area contributed by atoms with Crippen LogP contribution in [-0.4, -0.2) is 62.1 Å². The molecule has 0 atom stereocenters. The number of rotatable bonds is 7. The summed E-state index contributed by atoms with van der Waals surface area (Å²) in [4.78, 5) is 4.53. The van der Waals surface area contributed by atoms with E-state index in [1.165, 1.54) is 5.56 Å². The van der Waals surface area contributed by atoms with Crippen LogP contribution in [0, 0.1) is 6.92 Å². The van der Waals surface area contributed by atoms with Crippen molar-refractivity contribution in [1.29, 1.82) is 0 Å². The number of guanidine groups is 1. The highest BCUT2D eigenvalue weighted by molar-refractivity contribution is 14.0. The Hall–Kier alpha value is -0.520. The maximum Gasteiger partial charge on any atom is 0.215 e. The average molecular weight is 512 g/mol. The van der Waals surface area contributed by atoms with Gasteiger partial charge in [0.2, 0.25) is 10.0 Å². The lowest BCUT2D eigenvalue weighted by Crippen LogP contribution is -2.44. The van der Waals surface area contributed by atoms with Crippen molar-refractivity contribution in [2.24, 2.45) is 4.99 Å². The minimum atomic E-state index is -3.19. The van der Waals surface area contributed by atoms with Crippen LogP contribution in [0.1, 0.15) is 18.1 Å². The first-order valence-corrected chi connectivity index (χ1v) is 11.4. The van der Waals surface area contributed by atoms with Gasteiger partial charge in [-0.3, -0.25) is 0 Å². The van der Waals surface area contributed by atoms with E-state index < -0.39 is 10.0 Å². The molecule has 2 N–H and O–H groups in total. The summed E-state index contributed by atoms with van der Waals surface area (Å²) < 4.78 is 26.3. The molecule has 0 spiro atoms. The fourth-order valence-electron chi connectivity index (χ4n) is 2.46. The number of nitrogens with one attached hydrogen (secondary N) is 2. The molecule has 9 heteroatoms. The minimum absolute atomic E-state index is 0. The Kier molecular flexibility index (Phi) is 10.9. The quantitative estimate of drug-likeness (QED) is 0.333. The fourth-order valence-corrected chi connectivity index (χ4v) is 4.95. The predicted octanol–water partition coefficient (Wildman–Crippen LogP) is 2.05. The number of hydrogen-bond donors (Lipinski definition) is 2. The van der Waals surface area contributed by atoms with E-state index in [4.69, 9.17) is 0 Å². The number of halogens is 1. The average Bonchev–Trinajstić information content (AvgIpc) is 2.61. The molecule has 1 aromatic carbocycles. The molecule has 0 unspecified atom stereocenters. The van der Waals surface area contributed by atoms with Crippen molar-refractivity contribution in [1.82, 2.24) is 14.9 Å². The molecule has 2 rings (SSSR count). The largest absolute Gasteiger partial charge is 0.357 e. The summed E-state index contributed by atoms with van der Waals surface area (Å²) in [5.41, 5.74) is 2.35. The molecule has 0 bridgehead atoms. The van der Waals surface area contributed by atoms with E-state index in [9.17, 15) is 8.42 Å². The van der Waals surface area contributed by atoms with Crippen LogP contribution < -0.4 is 10.6 Å². The van der Waals surface area contributed by atoms with E-state index >= 15 is 0 Å². The highest BCUT2D eigenvalue weighted by atomic mass is 127. The first-order valence-electron chi connectivity index (χ1n) is 8.64. The monoisotopic (exact) mass is 512 g/mol. The molecule has 148 valence electrons. The van der Waals surface area contributed by atoms with Gasteiger partial charge in [0.15, 0.2) is 5.96 Å². The van der Waals surface area contributed by atoms with Crippen LogP contribution in [0.15, 0.2) is 29.3 Å². The van der Waals surface area contributed by atoms with Gasteiger partial charge in [-0.05, 0) is 19.4 Å². The summed E-state index contributed by atoms with van der Waals surface area (Å²) in [6.07, 6.45) is 0. The first kappa shape index (κ1) is 23.5. The van der Waals surface area contributed by atoms with E-state index in [1.807, 2.05) is 6.92 Å². The maximum absolute atomic E-state index is 12.4. The number of hydrogen-bond acceptors (Lipinski definition) is 4. The fraction of sp³-hybridized carbons (Fsp3) is 0.588. The Morgan fingerprint density at radius 2 is 1.85 bits per heavy atom. The van der Waals surface area contributed by atoms with E-state index in [-0.39, 0.29) is 29.7 Å². The molecule has 6 nitrogen and oxygen atoms in total. The van der Waals surface area contributed by atoms with E-state index in [2.05, 4.69) is 46.8 Å². The zero-order valence-corrected chi connectivity index (χ0v) is 19.4. The molecule has 0 aromatic heterocycles. The van der Waals surface area contributed by atoms with Crippen LogP contribution >= 0.6 is 35.7 Å². The Labute approximate surface area is 178 Å². The third kappa shape index (κ3) is 8.01. The van der Waals surface area contributed by atoms with Crippen molar-refractivity contribution in [2.45, 2.75) is 20.4 Å². The van der Waals surface area contributed by atoms with Crippen LogP contribution in [-0.2, 0) is 16.6 Å². The van der Waals surface area contributed by atoms with Gasteiger partial charge in [0.25, 0.3) is 0 Å². The Morgan fingerprint density at radius 1 is 1.19 bits per heavy atom. The number of aryl methyl sites for hydroxylation is 1. The molecule has 0 amide bonds. The highest BCUT2D eigenvalue weighted by Gasteiger charge is 2.23. The maximum atomic E-state index is 12.4. The van der Waals surface area contributed by atoms with Gasteiger partial charge in [-0.25, -0.2) is 17.7 Å². The summed E-state index contributed by atoms with van der Waals surface area (Å²) in [5, 5.41) is 6.28. The molecule has 0 radical (unpaired) electrons. The normalized spacial score (nSPS) is 16.0. The van der Waals surface area contributed by atoms with Gasteiger partial charge >= 0.3 is 0 Å². The number of benzene rings is 1. The lowest BCUT2D eigenvalue weighted by molar-refractivity contribution is 0.443. The lowest BCUT2D eigenvalue weighted by atomic mass is 10.1. The van der Waals surface area contributed by atoms with Crippen LogP contribution in [0.4, 0.5) is 0 Å². The Bertz CT molecular complexity index is 660. The van der Waals surface area contributed by atoms with Crippen molar-refractivity contribution in [3.63, 3.8) is 0 Å². The SMILES string of the molecule is CCNC(=NCc1ccc(C)cc1)NCCS(=O)(=O)N1CCSCC1.I. The smallest absolute Gasteiger partial charge is 0.215 e. The second-order valence-corrected chi connectivity index (χ2v) is 9.25. The third-order valence-electron chi connectivity index (χ3n) is 3.90. The molecule has 1 aliphatic heterocycles. The van der Waals surface area contributed by atoms with E-state index in [1.54, 1.807) is 16.1 Å². The van der Waals surface area contributed by atoms with Crippen molar-refractivity contribution in [3.05, 3.63) is 35.4 Å². The van der Waals surface area contributed by atoms with E-state index in [0.717, 1.165) is 23.6 Å². The molecule has 1 heterocycles. The van der Waals surface area contributed by atoms with Crippen LogP contribution in [0.5, 0.6) is 0 Å². The number of thioether (sulfide) groups is 1. The lowest BCUT2D eigenvalue weighted by Gasteiger charge is -2.25. The number of aliphatic imine (C=N–C) groups is 1. The van der Waals surface area contributed by atoms with Crippen molar-refractivity contribution >= 4 is 51.7 Å². The minimum Gasteiger partial charge on any atom is -0.357 e. The van der Waals surface area contributed by atoms with Gasteiger partial charge in [-0.15, -0.1) is 24.0 Å². The Balaban J connectivity index is 0.00000338. The second kappa shape index (κ2) is 12.0. The predicted molar refractivity (Wildman–Crippen MR) is 122 cm³/mol. The van der Waals surface area contributed by atoms with Crippen molar-refractivity contribution in [3.8, 4) is 0 Å². The summed E-state index contributed by atoms with van der Waals surface area (Å²) in [6.45, 7) is 6.93. The summed E-state index contributed by atoms with van der Waals surface area (Å²) >= 11 is 1.80. The molecule has 1 saturated heterocycles. The highest BCUT2D eigenvalue weighted by Crippen LogP contribution is 2.13. The molecule has 0 aliphatic carbocycles. The van der Waals surface area contributed by atoms with Gasteiger partial charge in [-0.2, -0.15) is 11.8 Å². The molecular weight excluding hydrogens is 483 g/mol. The van der Waals surface area contributed by atoms with Gasteiger partial charge < -0.3 is 10.6 Å². The summed E-state index contributed by atoms with van der Waals surface area (Å²) in [6, 6.07) is 8.24. The zero-order chi connectivity index (χ0) is 18.1. The van der Waals surface area contributed by atoms with Gasteiger partial charge in [-0.1, -0.05) is 29.8 Å². The van der Waals surface area contributed by atoms with Crippen LogP contribution in [0.3, 0.4) is 0 Å². The number of nitrogens with zero attached hydrogens (tertiary/aromatic N) is 2. The van der Waals surface area contributed by atoms with Gasteiger partial charge in [0.1, 0.15) is 0 Å². The standard InChI is InChI=1S/C17H28N4O2S2.HI/c1-3-18-17(20-14-16-6-4-15(2)5-7-16)19-8-13-25(22,23)21-9-11-24-12-10-21;/h4-7H,3,8-14H2,1-2H3,(H2,18,19,20);1H.